The van der Waals surface area contributed by atoms with Crippen molar-refractivity contribution >= 4 is 0 Å². The molecule has 21 heavy (non-hydrogen) atoms. The van der Waals surface area contributed by atoms with Gasteiger partial charge >= 0.3 is 0 Å². The molecule has 0 unspecified atom stereocenters. The summed E-state index contributed by atoms with van der Waals surface area (Å²) in [5.74, 6) is 1.13. The lowest BCUT2D eigenvalue weighted by Gasteiger charge is -2.17. The van der Waals surface area contributed by atoms with Gasteiger partial charge in [0, 0.05) is 5.56 Å². The van der Waals surface area contributed by atoms with Crippen molar-refractivity contribution in [1.82, 2.24) is 14.8 Å². The van der Waals surface area contributed by atoms with Crippen LogP contribution in [0.1, 0.15) is 19.7 Å². The van der Waals surface area contributed by atoms with Crippen LogP contribution in [0.5, 0.6) is 0 Å². The number of aromatic nitrogens is 3. The predicted octanol–water partition coefficient (Wildman–Crippen LogP) is 3.16. The molecule has 4 nitrogen and oxygen atoms in total. The Hall–Kier alpha value is -2.46. The molecule has 2 aromatic carbocycles. The molecule has 0 spiro atoms. The summed E-state index contributed by atoms with van der Waals surface area (Å²) in [7, 11) is 0. The quantitative estimate of drug-likeness (QED) is 0.801. The first-order valence-electron chi connectivity index (χ1n) is 6.86. The molecule has 4 heteroatoms. The van der Waals surface area contributed by atoms with E-state index in [1.165, 1.54) is 0 Å². The fourth-order valence-corrected chi connectivity index (χ4v) is 2.17. The van der Waals surface area contributed by atoms with Crippen molar-refractivity contribution in [2.24, 2.45) is 0 Å². The van der Waals surface area contributed by atoms with Crippen LogP contribution in [0.2, 0.25) is 0 Å². The molecule has 0 amide bonds. The second-order valence-corrected chi connectivity index (χ2v) is 5.43. The second kappa shape index (κ2) is 5.14. The summed E-state index contributed by atoms with van der Waals surface area (Å²) in [4.78, 5) is 4.53. The van der Waals surface area contributed by atoms with E-state index in [9.17, 15) is 5.11 Å². The monoisotopic (exact) mass is 279 g/mol. The highest BCUT2D eigenvalue weighted by atomic mass is 16.3. The minimum atomic E-state index is -1.07. The van der Waals surface area contributed by atoms with Crippen molar-refractivity contribution in [3.63, 3.8) is 0 Å². The van der Waals surface area contributed by atoms with Crippen LogP contribution < -0.4 is 0 Å². The topological polar surface area (TPSA) is 50.9 Å². The Balaban J connectivity index is 2.17. The van der Waals surface area contributed by atoms with E-state index in [4.69, 9.17) is 0 Å². The Bertz CT molecular complexity index is 728. The normalized spacial score (nSPS) is 11.6. The highest BCUT2D eigenvalue weighted by Gasteiger charge is 2.26. The van der Waals surface area contributed by atoms with Crippen molar-refractivity contribution in [3.8, 4) is 17.1 Å². The van der Waals surface area contributed by atoms with Crippen LogP contribution in [0.4, 0.5) is 0 Å². The molecule has 3 aromatic rings. The first kappa shape index (κ1) is 13.5. The number of benzene rings is 2. The fraction of sp³-hybridized carbons (Fsp3) is 0.176. The Kier molecular flexibility index (Phi) is 3.31. The van der Waals surface area contributed by atoms with Crippen LogP contribution in [0.15, 0.2) is 60.7 Å². The van der Waals surface area contributed by atoms with Crippen LogP contribution >= 0.6 is 0 Å². The van der Waals surface area contributed by atoms with Crippen LogP contribution in [-0.2, 0) is 5.60 Å². The fourth-order valence-electron chi connectivity index (χ4n) is 2.17. The van der Waals surface area contributed by atoms with Gasteiger partial charge in [-0.25, -0.2) is 9.67 Å². The number of hydrogen-bond acceptors (Lipinski definition) is 3. The Labute approximate surface area is 123 Å². The Morgan fingerprint density at radius 1 is 0.905 bits per heavy atom. The van der Waals surface area contributed by atoms with E-state index in [1.54, 1.807) is 18.5 Å². The Morgan fingerprint density at radius 3 is 2.05 bits per heavy atom. The molecule has 1 heterocycles. The van der Waals surface area contributed by atoms with Gasteiger partial charge in [-0.15, -0.1) is 5.10 Å². The van der Waals surface area contributed by atoms with E-state index in [0.717, 1.165) is 11.3 Å². The van der Waals surface area contributed by atoms with Crippen LogP contribution in [0.3, 0.4) is 0 Å². The van der Waals surface area contributed by atoms with Crippen molar-refractivity contribution in [2.45, 2.75) is 19.4 Å². The van der Waals surface area contributed by atoms with E-state index >= 15 is 0 Å². The molecule has 1 N–H and O–H groups in total. The van der Waals surface area contributed by atoms with Gasteiger partial charge in [-0.05, 0) is 26.0 Å². The molecule has 0 atom stereocenters. The summed E-state index contributed by atoms with van der Waals surface area (Å²) in [6, 6.07) is 19.5. The predicted molar refractivity (Wildman–Crippen MR) is 82.0 cm³/mol. The minimum absolute atomic E-state index is 0.521. The average Bonchev–Trinajstić information content (AvgIpc) is 2.94. The van der Waals surface area contributed by atoms with Crippen molar-refractivity contribution in [1.29, 1.82) is 0 Å². The van der Waals surface area contributed by atoms with Gasteiger partial charge in [0.1, 0.15) is 5.60 Å². The third kappa shape index (κ3) is 2.71. The van der Waals surface area contributed by atoms with Gasteiger partial charge in [-0.2, -0.15) is 0 Å². The van der Waals surface area contributed by atoms with Gasteiger partial charge in [0.2, 0.25) is 0 Å². The largest absolute Gasteiger partial charge is 0.382 e. The van der Waals surface area contributed by atoms with Gasteiger partial charge in [0.05, 0.1) is 5.69 Å². The van der Waals surface area contributed by atoms with E-state index in [2.05, 4.69) is 10.1 Å². The molecule has 0 aliphatic rings. The molecular weight excluding hydrogens is 262 g/mol. The average molecular weight is 279 g/mol. The first-order valence-corrected chi connectivity index (χ1v) is 6.86. The summed E-state index contributed by atoms with van der Waals surface area (Å²) >= 11 is 0. The molecular formula is C17H17N3O. The maximum Gasteiger partial charge on any atom is 0.181 e. The Morgan fingerprint density at radius 2 is 1.48 bits per heavy atom. The zero-order chi connectivity index (χ0) is 14.9. The molecule has 1 aromatic heterocycles. The smallest absolute Gasteiger partial charge is 0.181 e. The highest BCUT2D eigenvalue weighted by Crippen LogP contribution is 2.24. The third-order valence-corrected chi connectivity index (χ3v) is 3.19. The van der Waals surface area contributed by atoms with Gasteiger partial charge in [-0.1, -0.05) is 48.5 Å². The molecule has 0 fully saturated rings. The van der Waals surface area contributed by atoms with Crippen LogP contribution in [0.25, 0.3) is 17.1 Å². The van der Waals surface area contributed by atoms with Crippen LogP contribution in [0, 0.1) is 0 Å². The molecule has 0 radical (unpaired) electrons. The first-order chi connectivity index (χ1) is 10.1. The number of nitrogens with zero attached hydrogens (tertiary/aromatic N) is 3. The number of para-hydroxylation sites is 1. The standard InChI is InChI=1S/C17H17N3O/c1-17(2,21)16-18-15(13-9-5-3-6-10-13)19-20(16)14-11-7-4-8-12-14/h3-12,21H,1-2H3. The molecule has 106 valence electrons. The van der Waals surface area contributed by atoms with E-state index in [-0.39, 0.29) is 0 Å². The van der Waals surface area contributed by atoms with Gasteiger partial charge < -0.3 is 5.11 Å². The van der Waals surface area contributed by atoms with E-state index < -0.39 is 5.60 Å². The molecule has 0 aliphatic heterocycles. The lowest BCUT2D eigenvalue weighted by Crippen LogP contribution is -2.22. The maximum absolute atomic E-state index is 10.4. The van der Waals surface area contributed by atoms with Gasteiger partial charge in [0.25, 0.3) is 0 Å². The van der Waals surface area contributed by atoms with Gasteiger partial charge in [-0.3, -0.25) is 0 Å². The summed E-state index contributed by atoms with van der Waals surface area (Å²) in [5, 5.41) is 14.9. The summed E-state index contributed by atoms with van der Waals surface area (Å²) < 4.78 is 1.70. The maximum atomic E-state index is 10.4. The lowest BCUT2D eigenvalue weighted by atomic mass is 10.1. The lowest BCUT2D eigenvalue weighted by molar-refractivity contribution is 0.0664. The van der Waals surface area contributed by atoms with E-state index in [0.29, 0.717) is 11.6 Å². The zero-order valence-electron chi connectivity index (χ0n) is 12.1. The summed E-state index contributed by atoms with van der Waals surface area (Å²) in [6.45, 7) is 3.43. The third-order valence-electron chi connectivity index (χ3n) is 3.19. The van der Waals surface area contributed by atoms with Crippen LogP contribution in [-0.4, -0.2) is 19.9 Å². The molecule has 0 aliphatic carbocycles. The number of aliphatic hydroxyl groups is 1. The molecule has 3 rings (SSSR count). The van der Waals surface area contributed by atoms with Crippen molar-refractivity contribution in [3.05, 3.63) is 66.5 Å². The van der Waals surface area contributed by atoms with Crippen molar-refractivity contribution in [2.75, 3.05) is 0 Å². The molecule has 0 saturated heterocycles. The second-order valence-electron chi connectivity index (χ2n) is 5.43. The summed E-state index contributed by atoms with van der Waals surface area (Å²) in [5.41, 5.74) is 0.734. The van der Waals surface area contributed by atoms with Crippen molar-refractivity contribution < 1.29 is 5.11 Å². The number of rotatable bonds is 3. The minimum Gasteiger partial charge on any atom is -0.382 e. The molecule has 0 saturated carbocycles. The summed E-state index contributed by atoms with van der Waals surface area (Å²) in [6.07, 6.45) is 0. The zero-order valence-corrected chi connectivity index (χ0v) is 12.1. The van der Waals surface area contributed by atoms with Gasteiger partial charge in [0.15, 0.2) is 11.6 Å². The SMILES string of the molecule is CC(C)(O)c1nc(-c2ccccc2)nn1-c1ccccc1. The highest BCUT2D eigenvalue weighted by molar-refractivity contribution is 5.55. The molecule has 0 bridgehead atoms. The number of hydrogen-bond donors (Lipinski definition) is 1. The van der Waals surface area contributed by atoms with E-state index in [1.807, 2.05) is 60.7 Å².